The summed E-state index contributed by atoms with van der Waals surface area (Å²) in [5.41, 5.74) is -2.81. The molecule has 2 aromatic carbocycles. The Hall–Kier alpha value is -4.03. The van der Waals surface area contributed by atoms with Crippen molar-refractivity contribution in [2.45, 2.75) is 12.8 Å². The molecule has 0 fully saturated rings. The molecule has 2 N–H and O–H groups in total. The first-order valence-electron chi connectivity index (χ1n) is 8.59. The van der Waals surface area contributed by atoms with Crippen LogP contribution in [0.3, 0.4) is 0 Å². The summed E-state index contributed by atoms with van der Waals surface area (Å²) in [6.07, 6.45) is -3.11. The van der Waals surface area contributed by atoms with Gasteiger partial charge in [0.2, 0.25) is 0 Å². The fourth-order valence-electron chi connectivity index (χ4n) is 2.53. The highest BCUT2D eigenvalue weighted by atomic mass is 19.4. The number of benzene rings is 2. The molecule has 0 aliphatic carbocycles. The van der Waals surface area contributed by atoms with E-state index in [1.165, 1.54) is 0 Å². The van der Waals surface area contributed by atoms with Crippen LogP contribution in [0, 0.1) is 10.7 Å². The zero-order valence-electron chi connectivity index (χ0n) is 15.6. The van der Waals surface area contributed by atoms with Crippen molar-refractivity contribution >= 4 is 11.6 Å². The van der Waals surface area contributed by atoms with Gasteiger partial charge in [0.15, 0.2) is 10.4 Å². The second kappa shape index (κ2) is 8.99. The SMILES string of the molecule is O=C(Nc1cc[n+](=O)[nH]c1)c1c(Oc2ccc(OC(F)F)cc2)ccc(C(F)(F)F)c1F. The predicted molar refractivity (Wildman–Crippen MR) is 96.7 cm³/mol. The van der Waals surface area contributed by atoms with Gasteiger partial charge in [-0.2, -0.15) is 22.0 Å². The molecular formula is C19H12F6N3O4+. The number of amides is 1. The van der Waals surface area contributed by atoms with Crippen LogP contribution in [-0.2, 0) is 6.18 Å². The van der Waals surface area contributed by atoms with Crippen LogP contribution < -0.4 is 19.3 Å². The summed E-state index contributed by atoms with van der Waals surface area (Å²) in [5, 5.41) is 4.30. The number of aromatic nitrogens is 2. The molecule has 3 rings (SSSR count). The van der Waals surface area contributed by atoms with Gasteiger partial charge >= 0.3 is 12.8 Å². The number of carbonyl (C=O) groups is 1. The first kappa shape index (κ1) is 22.7. The monoisotopic (exact) mass is 460 g/mol. The molecule has 0 aliphatic heterocycles. The summed E-state index contributed by atoms with van der Waals surface area (Å²) in [6.45, 7) is -3.08. The Kier molecular flexibility index (Phi) is 6.37. The van der Waals surface area contributed by atoms with Gasteiger partial charge < -0.3 is 14.8 Å². The molecule has 0 bridgehead atoms. The topological polar surface area (TPSA) is 86.3 Å². The molecule has 0 unspecified atom stereocenters. The van der Waals surface area contributed by atoms with Gasteiger partial charge in [-0.3, -0.25) is 4.79 Å². The average molecular weight is 460 g/mol. The Morgan fingerprint density at radius 3 is 2.25 bits per heavy atom. The van der Waals surface area contributed by atoms with E-state index in [1.807, 2.05) is 0 Å². The highest BCUT2D eigenvalue weighted by Crippen LogP contribution is 2.37. The minimum absolute atomic E-state index is 0.0432. The fraction of sp³-hybridized carbons (Fsp3) is 0.105. The summed E-state index contributed by atoms with van der Waals surface area (Å²) in [4.78, 5) is 23.6. The second-order valence-corrected chi connectivity index (χ2v) is 6.07. The van der Waals surface area contributed by atoms with Crippen LogP contribution in [0.4, 0.5) is 32.0 Å². The van der Waals surface area contributed by atoms with E-state index < -0.39 is 41.4 Å². The number of anilines is 1. The molecule has 3 aromatic rings. The summed E-state index contributed by atoms with van der Waals surface area (Å²) in [6, 6.07) is 6.69. The third-order valence-corrected chi connectivity index (χ3v) is 3.91. The van der Waals surface area contributed by atoms with E-state index in [0.29, 0.717) is 6.07 Å². The zero-order valence-corrected chi connectivity index (χ0v) is 15.6. The molecule has 32 heavy (non-hydrogen) atoms. The molecule has 0 radical (unpaired) electrons. The van der Waals surface area contributed by atoms with Crippen LogP contribution in [-0.4, -0.2) is 17.6 Å². The molecule has 0 saturated carbocycles. The van der Waals surface area contributed by atoms with Crippen LogP contribution in [0.1, 0.15) is 15.9 Å². The predicted octanol–water partition coefficient (Wildman–Crippen LogP) is 4.73. The molecule has 168 valence electrons. The second-order valence-electron chi connectivity index (χ2n) is 6.07. The van der Waals surface area contributed by atoms with Crippen molar-refractivity contribution in [3.8, 4) is 17.2 Å². The summed E-state index contributed by atoms with van der Waals surface area (Å²) < 4.78 is 88.4. The molecule has 0 atom stereocenters. The standard InChI is InChI=1S/C19H11F6N3O4/c20-16-13(19(23,24)25)5-6-14(31-11-1-3-12(4-2-11)32-18(21)22)15(16)17(29)27-10-7-8-28(30)26-9-10/h1-9,18H,(H-,26,27,29,30)/p+1. The van der Waals surface area contributed by atoms with Crippen molar-refractivity contribution in [1.29, 1.82) is 0 Å². The van der Waals surface area contributed by atoms with E-state index in [9.17, 15) is 36.0 Å². The van der Waals surface area contributed by atoms with Crippen LogP contribution in [0.5, 0.6) is 17.2 Å². The number of hydrogen-bond donors (Lipinski definition) is 2. The minimum Gasteiger partial charge on any atom is -0.456 e. The Morgan fingerprint density at radius 2 is 1.69 bits per heavy atom. The van der Waals surface area contributed by atoms with E-state index in [4.69, 9.17) is 4.74 Å². The first-order chi connectivity index (χ1) is 15.0. The Balaban J connectivity index is 1.97. The lowest BCUT2D eigenvalue weighted by Crippen LogP contribution is -2.21. The smallest absolute Gasteiger partial charge is 0.419 e. The van der Waals surface area contributed by atoms with Crippen LogP contribution in [0.25, 0.3) is 0 Å². The average Bonchev–Trinajstić information content (AvgIpc) is 2.70. The summed E-state index contributed by atoms with van der Waals surface area (Å²) in [7, 11) is 0. The van der Waals surface area contributed by atoms with E-state index in [-0.39, 0.29) is 21.7 Å². The Morgan fingerprint density at radius 1 is 1.03 bits per heavy atom. The fourth-order valence-corrected chi connectivity index (χ4v) is 2.53. The Bertz CT molecular complexity index is 1160. The van der Waals surface area contributed by atoms with Crippen molar-refractivity contribution in [3.05, 3.63) is 76.7 Å². The lowest BCUT2D eigenvalue weighted by Gasteiger charge is -2.16. The highest BCUT2D eigenvalue weighted by molar-refractivity contribution is 6.06. The van der Waals surface area contributed by atoms with Gasteiger partial charge in [-0.05, 0) is 36.4 Å². The van der Waals surface area contributed by atoms with Crippen molar-refractivity contribution in [2.24, 2.45) is 0 Å². The lowest BCUT2D eigenvalue weighted by atomic mass is 10.1. The Labute approximate surface area is 174 Å². The number of nitrogens with zero attached hydrogens (tertiary/aromatic N) is 1. The number of hydrogen-bond acceptors (Lipinski definition) is 4. The maximum atomic E-state index is 14.7. The van der Waals surface area contributed by atoms with Crippen molar-refractivity contribution < 1.29 is 45.2 Å². The molecule has 0 spiro atoms. The summed E-state index contributed by atoms with van der Waals surface area (Å²) >= 11 is 0. The van der Waals surface area contributed by atoms with E-state index in [1.54, 1.807) is 0 Å². The van der Waals surface area contributed by atoms with E-state index >= 15 is 0 Å². The number of nitrogens with one attached hydrogen (secondary N) is 2. The van der Waals surface area contributed by atoms with E-state index in [0.717, 1.165) is 48.8 Å². The molecule has 1 heterocycles. The lowest BCUT2D eigenvalue weighted by molar-refractivity contribution is -0.564. The number of H-pyrrole nitrogens is 1. The molecule has 13 heteroatoms. The third kappa shape index (κ3) is 5.36. The van der Waals surface area contributed by atoms with Crippen molar-refractivity contribution in [2.75, 3.05) is 5.32 Å². The van der Waals surface area contributed by atoms with Gasteiger partial charge in [-0.1, -0.05) is 0 Å². The molecule has 7 nitrogen and oxygen atoms in total. The largest absolute Gasteiger partial charge is 0.456 e. The number of halogens is 6. The minimum atomic E-state index is -5.10. The molecular weight excluding hydrogens is 448 g/mol. The maximum absolute atomic E-state index is 14.7. The number of rotatable bonds is 6. The number of alkyl halides is 5. The third-order valence-electron chi connectivity index (χ3n) is 3.91. The number of carbonyl (C=O) groups excluding carboxylic acids is 1. The van der Waals surface area contributed by atoms with Gasteiger partial charge in [-0.25, -0.2) is 4.39 Å². The van der Waals surface area contributed by atoms with Gasteiger partial charge in [0.05, 0.1) is 22.4 Å². The molecule has 1 aromatic heterocycles. The van der Waals surface area contributed by atoms with Gasteiger partial charge in [0.25, 0.3) is 12.1 Å². The molecule has 0 saturated heterocycles. The van der Waals surface area contributed by atoms with Gasteiger partial charge in [0.1, 0.15) is 22.8 Å². The van der Waals surface area contributed by atoms with Crippen molar-refractivity contribution in [3.63, 3.8) is 0 Å². The molecule has 0 aliphatic rings. The van der Waals surface area contributed by atoms with Gasteiger partial charge in [0, 0.05) is 6.07 Å². The van der Waals surface area contributed by atoms with Gasteiger partial charge in [-0.15, -0.1) is 5.10 Å². The molecule has 1 amide bonds. The zero-order chi connectivity index (χ0) is 23.5. The normalized spacial score (nSPS) is 11.3. The summed E-state index contributed by atoms with van der Waals surface area (Å²) in [5.74, 6) is -4.07. The first-order valence-corrected chi connectivity index (χ1v) is 8.59. The van der Waals surface area contributed by atoms with Crippen LogP contribution in [0.2, 0.25) is 0 Å². The number of aromatic amines is 1. The highest BCUT2D eigenvalue weighted by Gasteiger charge is 2.37. The van der Waals surface area contributed by atoms with E-state index in [2.05, 4.69) is 15.2 Å². The van der Waals surface area contributed by atoms with Crippen LogP contribution in [0.15, 0.2) is 54.9 Å². The maximum Gasteiger partial charge on any atom is 0.419 e. The number of ether oxygens (including phenoxy) is 2. The quantitative estimate of drug-likeness (QED) is 0.411. The van der Waals surface area contributed by atoms with Crippen molar-refractivity contribution in [1.82, 2.24) is 5.10 Å². The van der Waals surface area contributed by atoms with Crippen LogP contribution >= 0.6 is 0 Å².